The van der Waals surface area contributed by atoms with Gasteiger partial charge in [0.25, 0.3) is 0 Å². The number of hydrogen-bond donors (Lipinski definition) is 2. The molecule has 0 saturated heterocycles. The van der Waals surface area contributed by atoms with Crippen LogP contribution in [-0.4, -0.2) is 28.5 Å². The Morgan fingerprint density at radius 2 is 2.35 bits per heavy atom. The number of carbonyl (C=O) groups is 1. The number of fused-ring (bicyclic) bond motifs is 3. The highest BCUT2D eigenvalue weighted by Crippen LogP contribution is 2.43. The van der Waals surface area contributed by atoms with Crippen LogP contribution in [0.4, 0.5) is 5.69 Å². The Labute approximate surface area is 136 Å². The number of aromatic amines is 1. The smallest absolute Gasteiger partial charge is 0.220 e. The van der Waals surface area contributed by atoms with Gasteiger partial charge in [0.2, 0.25) is 5.91 Å². The molecular formula is C18H24N4O. The number of H-pyrrole nitrogens is 1. The molecule has 2 aromatic heterocycles. The molecule has 3 heterocycles. The van der Waals surface area contributed by atoms with Crippen molar-refractivity contribution in [2.45, 2.75) is 45.1 Å². The molecule has 0 radical (unpaired) electrons. The zero-order valence-corrected chi connectivity index (χ0v) is 13.6. The molecule has 3 atom stereocenters. The minimum absolute atomic E-state index is 0.0267. The van der Waals surface area contributed by atoms with Gasteiger partial charge in [-0.2, -0.15) is 0 Å². The molecule has 2 aromatic rings. The van der Waals surface area contributed by atoms with E-state index < -0.39 is 0 Å². The van der Waals surface area contributed by atoms with Crippen LogP contribution in [0.15, 0.2) is 18.5 Å². The lowest BCUT2D eigenvalue weighted by molar-refractivity contribution is -0.121. The normalized spacial score (nSPS) is 27.3. The number of nitrogens with two attached hydrogens (primary N) is 1. The third-order valence-electron chi connectivity index (χ3n) is 5.75. The highest BCUT2D eigenvalue weighted by Gasteiger charge is 2.40. The highest BCUT2D eigenvalue weighted by atomic mass is 16.1. The van der Waals surface area contributed by atoms with E-state index in [0.717, 1.165) is 44.3 Å². The van der Waals surface area contributed by atoms with Gasteiger partial charge in [-0.25, -0.2) is 4.98 Å². The van der Waals surface area contributed by atoms with Crippen LogP contribution in [0.1, 0.15) is 38.2 Å². The van der Waals surface area contributed by atoms with Crippen molar-refractivity contribution in [1.82, 2.24) is 9.97 Å². The van der Waals surface area contributed by atoms with E-state index in [4.69, 9.17) is 5.73 Å². The summed E-state index contributed by atoms with van der Waals surface area (Å²) in [5, 5.41) is 1.21. The van der Waals surface area contributed by atoms with Gasteiger partial charge in [-0.3, -0.25) is 4.79 Å². The molecule has 2 aliphatic rings. The van der Waals surface area contributed by atoms with Gasteiger partial charge in [0.05, 0.1) is 5.69 Å². The lowest BCUT2D eigenvalue weighted by atomic mass is 9.94. The SMILES string of the molecule is CC[C@@H]1C[C@H](C(N)=O)C[C@@H]1N1CCCc2cnc3[nH]ccc3c21. The molecule has 0 aromatic carbocycles. The van der Waals surface area contributed by atoms with E-state index in [0.29, 0.717) is 12.0 Å². The van der Waals surface area contributed by atoms with Gasteiger partial charge in [0, 0.05) is 36.3 Å². The summed E-state index contributed by atoms with van der Waals surface area (Å²) in [6.07, 6.45) is 9.14. The maximum atomic E-state index is 11.7. The van der Waals surface area contributed by atoms with Gasteiger partial charge in [-0.05, 0) is 43.2 Å². The number of aryl methyl sites for hydroxylation is 1. The molecule has 122 valence electrons. The fraction of sp³-hybridized carbons (Fsp3) is 0.556. The minimum atomic E-state index is -0.135. The van der Waals surface area contributed by atoms with Gasteiger partial charge in [-0.15, -0.1) is 0 Å². The number of hydrogen-bond acceptors (Lipinski definition) is 3. The van der Waals surface area contributed by atoms with Crippen molar-refractivity contribution in [3.8, 4) is 0 Å². The van der Waals surface area contributed by atoms with Crippen molar-refractivity contribution in [2.24, 2.45) is 17.6 Å². The van der Waals surface area contributed by atoms with Crippen LogP contribution in [0.2, 0.25) is 0 Å². The number of aromatic nitrogens is 2. The predicted octanol–water partition coefficient (Wildman–Crippen LogP) is 2.61. The molecule has 3 N–H and O–H groups in total. The number of nitrogens with zero attached hydrogens (tertiary/aromatic N) is 2. The van der Waals surface area contributed by atoms with Gasteiger partial charge >= 0.3 is 0 Å². The summed E-state index contributed by atoms with van der Waals surface area (Å²) in [6, 6.07) is 2.54. The van der Waals surface area contributed by atoms with Gasteiger partial charge in [0.1, 0.15) is 5.65 Å². The van der Waals surface area contributed by atoms with Crippen LogP contribution < -0.4 is 10.6 Å². The second-order valence-corrected chi connectivity index (χ2v) is 6.98. The molecule has 23 heavy (non-hydrogen) atoms. The van der Waals surface area contributed by atoms with E-state index in [9.17, 15) is 4.79 Å². The number of pyridine rings is 1. The maximum absolute atomic E-state index is 11.7. The lowest BCUT2D eigenvalue weighted by Crippen LogP contribution is -2.41. The lowest BCUT2D eigenvalue weighted by Gasteiger charge is -2.39. The highest BCUT2D eigenvalue weighted by molar-refractivity contribution is 5.92. The Bertz CT molecular complexity index is 738. The first-order chi connectivity index (χ1) is 11.2. The first-order valence-corrected chi connectivity index (χ1v) is 8.70. The van der Waals surface area contributed by atoms with Crippen molar-refractivity contribution in [3.05, 3.63) is 24.0 Å². The van der Waals surface area contributed by atoms with Crippen LogP contribution in [-0.2, 0) is 11.2 Å². The molecule has 0 spiro atoms. The number of amides is 1. The van der Waals surface area contributed by atoms with E-state index in [2.05, 4.69) is 27.9 Å². The van der Waals surface area contributed by atoms with Gasteiger partial charge in [0.15, 0.2) is 0 Å². The summed E-state index contributed by atoms with van der Waals surface area (Å²) in [5.41, 5.74) is 9.22. The zero-order valence-electron chi connectivity index (χ0n) is 13.6. The first kappa shape index (κ1) is 14.5. The summed E-state index contributed by atoms with van der Waals surface area (Å²) in [4.78, 5) is 22.0. The Balaban J connectivity index is 1.76. The van der Waals surface area contributed by atoms with Gasteiger partial charge < -0.3 is 15.6 Å². The van der Waals surface area contributed by atoms with Crippen molar-refractivity contribution in [2.75, 3.05) is 11.4 Å². The van der Waals surface area contributed by atoms with E-state index in [1.54, 1.807) is 0 Å². The standard InChI is InChI=1S/C18H24N4O/c1-2-11-8-13(17(19)23)9-15(11)22-7-3-4-12-10-21-18-14(16(12)22)5-6-20-18/h5-6,10-11,13,15H,2-4,7-9H2,1H3,(H2,19,23)(H,20,21)/t11-,13+,15+/m1/s1. The third-order valence-corrected chi connectivity index (χ3v) is 5.75. The molecule has 1 amide bonds. The molecule has 5 nitrogen and oxygen atoms in total. The second kappa shape index (κ2) is 5.55. The molecule has 1 aliphatic heterocycles. The van der Waals surface area contributed by atoms with Crippen molar-refractivity contribution in [1.29, 1.82) is 0 Å². The molecule has 0 bridgehead atoms. The van der Waals surface area contributed by atoms with Crippen molar-refractivity contribution < 1.29 is 4.79 Å². The Hall–Kier alpha value is -2.04. The Morgan fingerprint density at radius 1 is 1.48 bits per heavy atom. The molecule has 1 fully saturated rings. The predicted molar refractivity (Wildman–Crippen MR) is 91.2 cm³/mol. The number of rotatable bonds is 3. The average molecular weight is 312 g/mol. The molecule has 1 saturated carbocycles. The van der Waals surface area contributed by atoms with Crippen molar-refractivity contribution in [3.63, 3.8) is 0 Å². The van der Waals surface area contributed by atoms with Crippen LogP contribution in [0, 0.1) is 11.8 Å². The van der Waals surface area contributed by atoms with Crippen molar-refractivity contribution >= 4 is 22.6 Å². The summed E-state index contributed by atoms with van der Waals surface area (Å²) in [5.74, 6) is 0.434. The van der Waals surface area contributed by atoms with E-state index in [-0.39, 0.29) is 11.8 Å². The quantitative estimate of drug-likeness (QED) is 0.915. The zero-order chi connectivity index (χ0) is 16.0. The monoisotopic (exact) mass is 312 g/mol. The molecule has 0 unspecified atom stereocenters. The van der Waals surface area contributed by atoms with Gasteiger partial charge in [-0.1, -0.05) is 13.3 Å². The first-order valence-electron chi connectivity index (χ1n) is 8.70. The van der Waals surface area contributed by atoms with E-state index in [1.807, 2.05) is 12.4 Å². The third kappa shape index (κ3) is 2.30. The summed E-state index contributed by atoms with van der Waals surface area (Å²) in [7, 11) is 0. The summed E-state index contributed by atoms with van der Waals surface area (Å²) >= 11 is 0. The molecule has 1 aliphatic carbocycles. The van der Waals surface area contributed by atoms with Crippen LogP contribution in [0.3, 0.4) is 0 Å². The fourth-order valence-corrected chi connectivity index (χ4v) is 4.60. The second-order valence-electron chi connectivity index (χ2n) is 6.98. The summed E-state index contributed by atoms with van der Waals surface area (Å²) < 4.78 is 0. The average Bonchev–Trinajstić information content (AvgIpc) is 3.20. The maximum Gasteiger partial charge on any atom is 0.220 e. The topological polar surface area (TPSA) is 75.0 Å². The largest absolute Gasteiger partial charge is 0.369 e. The van der Waals surface area contributed by atoms with Crippen LogP contribution in [0.5, 0.6) is 0 Å². The molecular weight excluding hydrogens is 288 g/mol. The van der Waals surface area contributed by atoms with E-state index >= 15 is 0 Å². The Kier molecular flexibility index (Phi) is 3.51. The number of anilines is 1. The summed E-state index contributed by atoms with van der Waals surface area (Å²) in [6.45, 7) is 3.29. The molecule has 5 heteroatoms. The van der Waals surface area contributed by atoms with Crippen LogP contribution in [0.25, 0.3) is 11.0 Å². The van der Waals surface area contributed by atoms with E-state index in [1.165, 1.54) is 16.6 Å². The Morgan fingerprint density at radius 3 is 3.13 bits per heavy atom. The number of carbonyl (C=O) groups excluding carboxylic acids is 1. The number of nitrogens with one attached hydrogen (secondary N) is 1. The van der Waals surface area contributed by atoms with Crippen LogP contribution >= 0.6 is 0 Å². The number of primary amides is 1. The minimum Gasteiger partial charge on any atom is -0.369 e. The molecule has 4 rings (SSSR count). The fourth-order valence-electron chi connectivity index (χ4n) is 4.60.